The fraction of sp³-hybridized carbons (Fsp3) is 0.208. The number of H-pyrrole nitrogens is 1. The first kappa shape index (κ1) is 20.5. The predicted molar refractivity (Wildman–Crippen MR) is 123 cm³/mol. The molecule has 2 N–H and O–H groups in total. The Labute approximate surface area is 192 Å². The number of hydrogen-bond acceptors (Lipinski definition) is 4. The highest BCUT2D eigenvalue weighted by molar-refractivity contribution is 6.05. The Hall–Kier alpha value is -4.08. The molecule has 1 fully saturated rings. The minimum atomic E-state index is -4.45. The van der Waals surface area contributed by atoms with Gasteiger partial charge in [-0.3, -0.25) is 4.90 Å². The van der Waals surface area contributed by atoms with Gasteiger partial charge in [-0.2, -0.15) is 13.2 Å². The Kier molecular flexibility index (Phi) is 4.51. The number of amides is 2. The molecule has 2 aromatic heterocycles. The summed E-state index contributed by atoms with van der Waals surface area (Å²) < 4.78 is 39.7. The second-order valence-corrected chi connectivity index (χ2v) is 8.44. The van der Waals surface area contributed by atoms with Crippen LogP contribution in [-0.4, -0.2) is 40.1 Å². The van der Waals surface area contributed by atoms with Gasteiger partial charge >= 0.3 is 12.2 Å². The number of aromatic nitrogens is 3. The van der Waals surface area contributed by atoms with Crippen molar-refractivity contribution < 1.29 is 18.0 Å². The normalized spacial score (nSPS) is 17.2. The number of carbonyl (C=O) groups excluding carboxylic acids is 1. The Morgan fingerprint density at radius 2 is 2.00 bits per heavy atom. The zero-order chi connectivity index (χ0) is 23.4. The minimum absolute atomic E-state index is 0.0779. The molecule has 1 saturated heterocycles. The van der Waals surface area contributed by atoms with Crippen LogP contribution in [0.15, 0.2) is 60.9 Å². The van der Waals surface area contributed by atoms with E-state index >= 15 is 0 Å². The first-order valence-corrected chi connectivity index (χ1v) is 10.8. The summed E-state index contributed by atoms with van der Waals surface area (Å²) in [5.41, 5.74) is 2.96. The SMILES string of the molecule is O=C(Nc1ccc2[nH]cnc2c1)N1c2nc(-c3cccc(C(F)(F)F)c3)ccc2N2CC[C@H]1C2. The zero-order valence-electron chi connectivity index (χ0n) is 17.8. The summed E-state index contributed by atoms with van der Waals surface area (Å²) in [6.07, 6.45) is -2.08. The van der Waals surface area contributed by atoms with Gasteiger partial charge in [-0.25, -0.2) is 14.8 Å². The molecule has 10 heteroatoms. The highest BCUT2D eigenvalue weighted by Crippen LogP contribution is 2.41. The number of rotatable bonds is 2. The highest BCUT2D eigenvalue weighted by Gasteiger charge is 2.40. The standard InChI is InChI=1S/C24H19F3N6O/c25-24(26,27)15-3-1-2-14(10-15)18-6-7-21-22(31-18)33(17-8-9-32(21)12-17)23(34)30-16-4-5-19-20(11-16)29-13-28-19/h1-7,10-11,13,17H,8-9,12H2,(H,28,29)(H,30,34)/t17-/m0/s1. The number of pyridine rings is 1. The molecule has 4 heterocycles. The van der Waals surface area contributed by atoms with E-state index in [-0.39, 0.29) is 12.1 Å². The van der Waals surface area contributed by atoms with Crippen molar-refractivity contribution >= 4 is 34.3 Å². The average molecular weight is 464 g/mol. The first-order valence-electron chi connectivity index (χ1n) is 10.8. The number of halogens is 3. The summed E-state index contributed by atoms with van der Waals surface area (Å²) >= 11 is 0. The van der Waals surface area contributed by atoms with E-state index in [4.69, 9.17) is 0 Å². The molecule has 2 aliphatic heterocycles. The maximum Gasteiger partial charge on any atom is 0.416 e. The van der Waals surface area contributed by atoms with Crippen LogP contribution < -0.4 is 15.1 Å². The van der Waals surface area contributed by atoms with E-state index in [0.29, 0.717) is 29.3 Å². The van der Waals surface area contributed by atoms with Gasteiger partial charge in [0.15, 0.2) is 5.82 Å². The average Bonchev–Trinajstić information content (AvgIpc) is 3.46. The molecule has 0 saturated carbocycles. The quantitative estimate of drug-likeness (QED) is 0.424. The van der Waals surface area contributed by atoms with E-state index in [9.17, 15) is 18.0 Å². The smallest absolute Gasteiger partial charge is 0.366 e. The summed E-state index contributed by atoms with van der Waals surface area (Å²) in [6.45, 7) is 1.47. The summed E-state index contributed by atoms with van der Waals surface area (Å²) in [6, 6.07) is 13.6. The molecule has 2 aromatic carbocycles. The maximum atomic E-state index is 13.4. The number of benzene rings is 2. The van der Waals surface area contributed by atoms with Crippen molar-refractivity contribution in [3.05, 3.63) is 66.5 Å². The van der Waals surface area contributed by atoms with Crippen LogP contribution in [0, 0.1) is 0 Å². The Morgan fingerprint density at radius 3 is 2.85 bits per heavy atom. The Balaban J connectivity index is 1.37. The van der Waals surface area contributed by atoms with E-state index in [1.807, 2.05) is 12.1 Å². The lowest BCUT2D eigenvalue weighted by atomic mass is 10.1. The van der Waals surface area contributed by atoms with Crippen LogP contribution in [0.3, 0.4) is 0 Å². The number of carbonyl (C=O) groups is 1. The number of nitrogens with one attached hydrogen (secondary N) is 2. The van der Waals surface area contributed by atoms with Crippen LogP contribution >= 0.6 is 0 Å². The van der Waals surface area contributed by atoms with Crippen LogP contribution in [0.5, 0.6) is 0 Å². The number of aromatic amines is 1. The van der Waals surface area contributed by atoms with Gasteiger partial charge in [0.2, 0.25) is 0 Å². The third kappa shape index (κ3) is 3.42. The minimum Gasteiger partial charge on any atom is -0.366 e. The number of alkyl halides is 3. The zero-order valence-corrected chi connectivity index (χ0v) is 17.8. The van der Waals surface area contributed by atoms with Crippen molar-refractivity contribution in [1.29, 1.82) is 0 Å². The molecule has 2 amide bonds. The summed E-state index contributed by atoms with van der Waals surface area (Å²) in [4.78, 5) is 29.1. The fourth-order valence-corrected chi connectivity index (χ4v) is 4.68. The van der Waals surface area contributed by atoms with Crippen molar-refractivity contribution in [3.8, 4) is 11.3 Å². The second kappa shape index (κ2) is 7.47. The molecule has 0 radical (unpaired) electrons. The number of anilines is 3. The van der Waals surface area contributed by atoms with Gasteiger partial charge in [-0.1, -0.05) is 12.1 Å². The number of imidazole rings is 1. The fourth-order valence-electron chi connectivity index (χ4n) is 4.68. The van der Waals surface area contributed by atoms with Gasteiger partial charge in [0.1, 0.15) is 0 Å². The van der Waals surface area contributed by atoms with E-state index in [0.717, 1.165) is 41.8 Å². The molecule has 2 bridgehead atoms. The molecule has 1 atom stereocenters. The highest BCUT2D eigenvalue weighted by atomic mass is 19.4. The number of fused-ring (bicyclic) bond motifs is 5. The van der Waals surface area contributed by atoms with Gasteiger partial charge < -0.3 is 15.2 Å². The van der Waals surface area contributed by atoms with Crippen molar-refractivity contribution in [2.45, 2.75) is 18.6 Å². The van der Waals surface area contributed by atoms with Gasteiger partial charge in [-0.15, -0.1) is 0 Å². The number of nitrogens with zero attached hydrogens (tertiary/aromatic N) is 4. The number of hydrogen-bond donors (Lipinski definition) is 2. The van der Waals surface area contributed by atoms with E-state index < -0.39 is 11.7 Å². The van der Waals surface area contributed by atoms with Crippen LogP contribution in [0.25, 0.3) is 22.3 Å². The van der Waals surface area contributed by atoms with Gasteiger partial charge in [0.25, 0.3) is 0 Å². The lowest BCUT2D eigenvalue weighted by Gasteiger charge is -2.36. The van der Waals surface area contributed by atoms with Gasteiger partial charge in [0, 0.05) is 24.3 Å². The monoisotopic (exact) mass is 464 g/mol. The number of urea groups is 1. The third-order valence-electron chi connectivity index (χ3n) is 6.33. The Morgan fingerprint density at radius 1 is 1.12 bits per heavy atom. The summed E-state index contributed by atoms with van der Waals surface area (Å²) in [5, 5.41) is 2.93. The lowest BCUT2D eigenvalue weighted by Crippen LogP contribution is -2.48. The molecule has 0 unspecified atom stereocenters. The van der Waals surface area contributed by atoms with Crippen LogP contribution in [-0.2, 0) is 6.18 Å². The summed E-state index contributed by atoms with van der Waals surface area (Å²) in [5.74, 6) is 0.446. The molecule has 2 aliphatic rings. The van der Waals surface area contributed by atoms with Crippen LogP contribution in [0.4, 0.5) is 35.2 Å². The van der Waals surface area contributed by atoms with Gasteiger partial charge in [0.05, 0.1) is 40.3 Å². The first-order chi connectivity index (χ1) is 16.4. The molecule has 4 aromatic rings. The largest absolute Gasteiger partial charge is 0.416 e. The van der Waals surface area contributed by atoms with Crippen LogP contribution in [0.1, 0.15) is 12.0 Å². The topological polar surface area (TPSA) is 77.1 Å². The summed E-state index contributed by atoms with van der Waals surface area (Å²) in [7, 11) is 0. The molecule has 0 spiro atoms. The van der Waals surface area contributed by atoms with E-state index in [1.165, 1.54) is 6.07 Å². The Bertz CT molecular complexity index is 1420. The van der Waals surface area contributed by atoms with Crippen molar-refractivity contribution in [1.82, 2.24) is 15.0 Å². The molecule has 172 valence electrons. The second-order valence-electron chi connectivity index (χ2n) is 8.44. The molecule has 6 rings (SSSR count). The van der Waals surface area contributed by atoms with Gasteiger partial charge in [-0.05, 0) is 48.9 Å². The third-order valence-corrected chi connectivity index (χ3v) is 6.33. The lowest BCUT2D eigenvalue weighted by molar-refractivity contribution is -0.137. The van der Waals surface area contributed by atoms with Crippen molar-refractivity contribution in [3.63, 3.8) is 0 Å². The molecule has 7 nitrogen and oxygen atoms in total. The molecule has 34 heavy (non-hydrogen) atoms. The maximum absolute atomic E-state index is 13.4. The molecule has 0 aliphatic carbocycles. The molecular weight excluding hydrogens is 445 g/mol. The van der Waals surface area contributed by atoms with Crippen LogP contribution in [0.2, 0.25) is 0 Å². The molecular formula is C24H19F3N6O. The van der Waals surface area contributed by atoms with E-state index in [2.05, 4.69) is 25.2 Å². The van der Waals surface area contributed by atoms with E-state index in [1.54, 1.807) is 35.5 Å². The van der Waals surface area contributed by atoms with Crippen molar-refractivity contribution in [2.24, 2.45) is 0 Å². The van der Waals surface area contributed by atoms with Crippen molar-refractivity contribution in [2.75, 3.05) is 28.2 Å². The predicted octanol–water partition coefficient (Wildman–Crippen LogP) is 5.27.